The van der Waals surface area contributed by atoms with E-state index < -0.39 is 17.9 Å². The van der Waals surface area contributed by atoms with Gasteiger partial charge in [0, 0.05) is 12.8 Å². The normalized spacial score (nSPS) is 13.2. The number of ketones is 1. The highest BCUT2D eigenvalue weighted by Crippen LogP contribution is 2.21. The zero-order valence-electron chi connectivity index (χ0n) is 13.2. The van der Waals surface area contributed by atoms with Gasteiger partial charge in [-0.1, -0.05) is 44.2 Å². The first-order chi connectivity index (χ1) is 10.5. The van der Waals surface area contributed by atoms with Crippen molar-refractivity contribution in [3.63, 3.8) is 0 Å². The average molecular weight is 304 g/mol. The summed E-state index contributed by atoms with van der Waals surface area (Å²) in [4.78, 5) is 36.2. The third kappa shape index (κ3) is 4.98. The SMILES string of the molecule is CCCC(=O)NC(C(=O)CCC)C(C(N)=O)c1ccccc1. The van der Waals surface area contributed by atoms with Crippen LogP contribution in [0.2, 0.25) is 0 Å². The summed E-state index contributed by atoms with van der Waals surface area (Å²) in [6.07, 6.45) is 1.94. The van der Waals surface area contributed by atoms with Gasteiger partial charge in [-0.2, -0.15) is 0 Å². The minimum atomic E-state index is -0.904. The van der Waals surface area contributed by atoms with Crippen LogP contribution in [0.4, 0.5) is 0 Å². The lowest BCUT2D eigenvalue weighted by molar-refractivity contribution is -0.131. The van der Waals surface area contributed by atoms with Gasteiger partial charge in [-0.3, -0.25) is 14.4 Å². The van der Waals surface area contributed by atoms with Crippen molar-refractivity contribution < 1.29 is 14.4 Å². The maximum absolute atomic E-state index is 12.4. The zero-order valence-corrected chi connectivity index (χ0v) is 13.2. The predicted molar refractivity (Wildman–Crippen MR) is 85.1 cm³/mol. The molecule has 0 radical (unpaired) electrons. The molecular weight excluding hydrogens is 280 g/mol. The third-order valence-corrected chi connectivity index (χ3v) is 3.44. The van der Waals surface area contributed by atoms with Gasteiger partial charge >= 0.3 is 0 Å². The first-order valence-electron chi connectivity index (χ1n) is 7.67. The second-order valence-corrected chi connectivity index (χ2v) is 5.30. The van der Waals surface area contributed by atoms with Gasteiger partial charge in [0.2, 0.25) is 11.8 Å². The molecule has 5 nitrogen and oxygen atoms in total. The Morgan fingerprint density at radius 2 is 1.64 bits per heavy atom. The van der Waals surface area contributed by atoms with Crippen LogP contribution in [0.3, 0.4) is 0 Å². The minimum Gasteiger partial charge on any atom is -0.369 e. The number of hydrogen-bond donors (Lipinski definition) is 2. The van der Waals surface area contributed by atoms with Crippen LogP contribution in [-0.4, -0.2) is 23.6 Å². The van der Waals surface area contributed by atoms with Crippen LogP contribution in [0, 0.1) is 0 Å². The fourth-order valence-electron chi connectivity index (χ4n) is 2.41. The lowest BCUT2D eigenvalue weighted by Crippen LogP contribution is -2.48. The Hall–Kier alpha value is -2.17. The number of rotatable bonds is 9. The molecule has 0 heterocycles. The smallest absolute Gasteiger partial charge is 0.227 e. The highest BCUT2D eigenvalue weighted by atomic mass is 16.2. The predicted octanol–water partition coefficient (Wildman–Crippen LogP) is 1.91. The monoisotopic (exact) mass is 304 g/mol. The standard InChI is InChI=1S/C17H24N2O3/c1-3-8-13(20)16(19-14(21)9-4-2)15(17(18)22)12-10-6-5-7-11-12/h5-7,10-11,15-16H,3-4,8-9H2,1-2H3,(H2,18,22)(H,19,21). The van der Waals surface area contributed by atoms with E-state index in [1.54, 1.807) is 24.3 Å². The van der Waals surface area contributed by atoms with E-state index in [1.807, 2.05) is 19.9 Å². The van der Waals surface area contributed by atoms with E-state index in [4.69, 9.17) is 5.73 Å². The van der Waals surface area contributed by atoms with E-state index in [9.17, 15) is 14.4 Å². The van der Waals surface area contributed by atoms with Crippen LogP contribution in [-0.2, 0) is 14.4 Å². The summed E-state index contributed by atoms with van der Waals surface area (Å²) < 4.78 is 0. The lowest BCUT2D eigenvalue weighted by Gasteiger charge is -2.25. The van der Waals surface area contributed by atoms with Crippen molar-refractivity contribution in [1.82, 2.24) is 5.32 Å². The Kier molecular flexibility index (Phi) is 7.29. The van der Waals surface area contributed by atoms with E-state index in [0.717, 1.165) is 0 Å². The maximum atomic E-state index is 12.4. The molecule has 0 aliphatic rings. The van der Waals surface area contributed by atoms with Crippen LogP contribution < -0.4 is 11.1 Å². The number of carbonyl (C=O) groups is 3. The van der Waals surface area contributed by atoms with Crippen molar-refractivity contribution in [2.75, 3.05) is 0 Å². The molecule has 0 aliphatic carbocycles. The fourth-order valence-corrected chi connectivity index (χ4v) is 2.41. The molecule has 2 amide bonds. The largest absolute Gasteiger partial charge is 0.369 e. The molecule has 0 aliphatic heterocycles. The first kappa shape index (κ1) is 17.9. The van der Waals surface area contributed by atoms with Gasteiger partial charge in [0.05, 0.1) is 5.92 Å². The molecule has 1 aromatic carbocycles. The van der Waals surface area contributed by atoms with Crippen molar-refractivity contribution in [3.05, 3.63) is 35.9 Å². The van der Waals surface area contributed by atoms with Crippen LogP contribution in [0.1, 0.15) is 51.0 Å². The molecule has 1 rings (SSSR count). The summed E-state index contributed by atoms with van der Waals surface area (Å²) in [7, 11) is 0. The highest BCUT2D eigenvalue weighted by molar-refractivity contribution is 5.96. The van der Waals surface area contributed by atoms with Crippen molar-refractivity contribution in [2.45, 2.75) is 51.5 Å². The summed E-state index contributed by atoms with van der Waals surface area (Å²) in [5.41, 5.74) is 6.15. The molecule has 0 saturated heterocycles. The number of hydrogen-bond acceptors (Lipinski definition) is 3. The number of nitrogens with one attached hydrogen (secondary N) is 1. The second-order valence-electron chi connectivity index (χ2n) is 5.30. The average Bonchev–Trinajstić information content (AvgIpc) is 2.48. The van der Waals surface area contributed by atoms with Crippen LogP contribution in [0.15, 0.2) is 30.3 Å². The van der Waals surface area contributed by atoms with Crippen molar-refractivity contribution >= 4 is 17.6 Å². The number of carbonyl (C=O) groups excluding carboxylic acids is 3. The molecule has 0 saturated carbocycles. The highest BCUT2D eigenvalue weighted by Gasteiger charge is 2.34. The number of Topliss-reactive ketones (excluding diaryl/α,β-unsaturated/α-hetero) is 1. The first-order valence-corrected chi connectivity index (χ1v) is 7.67. The maximum Gasteiger partial charge on any atom is 0.227 e. The molecule has 3 N–H and O–H groups in total. The molecular formula is C17H24N2O3. The molecule has 0 fully saturated rings. The number of primary amides is 1. The molecule has 1 aromatic rings. The Labute approximate surface area is 131 Å². The van der Waals surface area contributed by atoms with E-state index >= 15 is 0 Å². The van der Waals surface area contributed by atoms with E-state index in [-0.39, 0.29) is 11.7 Å². The molecule has 22 heavy (non-hydrogen) atoms. The van der Waals surface area contributed by atoms with Crippen LogP contribution in [0.25, 0.3) is 0 Å². The summed E-state index contributed by atoms with van der Waals surface area (Å²) in [6, 6.07) is 7.96. The quantitative estimate of drug-likeness (QED) is 0.730. The summed E-state index contributed by atoms with van der Waals surface area (Å²) in [5.74, 6) is -1.86. The number of amides is 2. The Morgan fingerprint density at radius 3 is 2.14 bits per heavy atom. The van der Waals surface area contributed by atoms with Crippen LogP contribution in [0.5, 0.6) is 0 Å². The molecule has 120 valence electrons. The summed E-state index contributed by atoms with van der Waals surface area (Å²) in [6.45, 7) is 3.76. The summed E-state index contributed by atoms with van der Waals surface area (Å²) >= 11 is 0. The van der Waals surface area contributed by atoms with Gasteiger partial charge in [-0.25, -0.2) is 0 Å². The Morgan fingerprint density at radius 1 is 1.05 bits per heavy atom. The zero-order chi connectivity index (χ0) is 16.5. The molecule has 5 heteroatoms. The number of nitrogens with two attached hydrogens (primary N) is 1. The van der Waals surface area contributed by atoms with Gasteiger partial charge in [-0.15, -0.1) is 0 Å². The molecule has 0 aromatic heterocycles. The summed E-state index contributed by atoms with van der Waals surface area (Å²) in [5, 5.41) is 2.69. The number of benzene rings is 1. The van der Waals surface area contributed by atoms with Gasteiger partial charge < -0.3 is 11.1 Å². The Balaban J connectivity index is 3.11. The molecule has 0 spiro atoms. The second kappa shape index (κ2) is 8.97. The molecule has 0 bridgehead atoms. The van der Waals surface area contributed by atoms with Crippen molar-refractivity contribution in [2.24, 2.45) is 5.73 Å². The topological polar surface area (TPSA) is 89.3 Å². The van der Waals surface area contributed by atoms with E-state index in [0.29, 0.717) is 31.2 Å². The molecule has 2 unspecified atom stereocenters. The van der Waals surface area contributed by atoms with Crippen molar-refractivity contribution in [1.29, 1.82) is 0 Å². The van der Waals surface area contributed by atoms with E-state index in [1.165, 1.54) is 0 Å². The van der Waals surface area contributed by atoms with Crippen molar-refractivity contribution in [3.8, 4) is 0 Å². The van der Waals surface area contributed by atoms with Gasteiger partial charge in [0.15, 0.2) is 5.78 Å². The fraction of sp³-hybridized carbons (Fsp3) is 0.471. The van der Waals surface area contributed by atoms with Gasteiger partial charge in [-0.05, 0) is 18.4 Å². The van der Waals surface area contributed by atoms with Gasteiger partial charge in [0.1, 0.15) is 6.04 Å². The minimum absolute atomic E-state index is 0.167. The van der Waals surface area contributed by atoms with Crippen LogP contribution >= 0.6 is 0 Å². The third-order valence-electron chi connectivity index (χ3n) is 3.44. The lowest BCUT2D eigenvalue weighted by atomic mass is 9.87. The van der Waals surface area contributed by atoms with Gasteiger partial charge in [0.25, 0.3) is 0 Å². The Bertz CT molecular complexity index is 514. The molecule has 2 atom stereocenters. The van der Waals surface area contributed by atoms with E-state index in [2.05, 4.69) is 5.32 Å².